The molecule has 0 spiro atoms. The molecule has 1 saturated carbocycles. The third-order valence-electron chi connectivity index (χ3n) is 2.42. The molecule has 2 rings (SSSR count). The van der Waals surface area contributed by atoms with Gasteiger partial charge in [0, 0.05) is 16.0 Å². The van der Waals surface area contributed by atoms with E-state index in [0.717, 1.165) is 22.8 Å². The molecule has 0 heterocycles. The molecule has 1 aliphatic rings. The first kappa shape index (κ1) is 11.8. The number of rotatable bonds is 4. The highest BCUT2D eigenvalue weighted by Gasteiger charge is 2.25. The van der Waals surface area contributed by atoms with Crippen molar-refractivity contribution in [3.63, 3.8) is 0 Å². The minimum atomic E-state index is -0.0539. The van der Waals surface area contributed by atoms with Crippen molar-refractivity contribution in [1.29, 1.82) is 0 Å². The predicted octanol–water partition coefficient (Wildman–Crippen LogP) is 3.10. The highest BCUT2D eigenvalue weighted by Crippen LogP contribution is 2.26. The molecule has 2 nitrogen and oxygen atoms in total. The second kappa shape index (κ2) is 5.11. The van der Waals surface area contributed by atoms with Gasteiger partial charge in [-0.3, -0.25) is 4.79 Å². The van der Waals surface area contributed by atoms with Crippen LogP contribution in [0, 0.1) is 0 Å². The molecule has 0 aliphatic heterocycles. The molecule has 0 radical (unpaired) electrons. The summed E-state index contributed by atoms with van der Waals surface area (Å²) in [6, 6.07) is 7.99. The summed E-state index contributed by atoms with van der Waals surface area (Å²) in [7, 11) is 0. The van der Waals surface area contributed by atoms with Crippen LogP contribution in [0.1, 0.15) is 19.8 Å². The van der Waals surface area contributed by atoms with Crippen molar-refractivity contribution in [1.82, 2.24) is 5.32 Å². The van der Waals surface area contributed by atoms with Gasteiger partial charge in [-0.15, -0.1) is 11.8 Å². The third-order valence-corrected chi connectivity index (χ3v) is 3.78. The lowest BCUT2D eigenvalue weighted by molar-refractivity contribution is -0.120. The Labute approximate surface area is 105 Å². The van der Waals surface area contributed by atoms with Crippen molar-refractivity contribution in [3.05, 3.63) is 29.3 Å². The fraction of sp³-hybridized carbons (Fsp3) is 0.417. The number of hydrogen-bond donors (Lipinski definition) is 1. The summed E-state index contributed by atoms with van der Waals surface area (Å²) in [4.78, 5) is 12.8. The third kappa shape index (κ3) is 3.42. The van der Waals surface area contributed by atoms with E-state index in [9.17, 15) is 4.79 Å². The molecule has 86 valence electrons. The minimum Gasteiger partial charge on any atom is -0.352 e. The number of nitrogens with one attached hydrogen (secondary N) is 1. The van der Waals surface area contributed by atoms with Gasteiger partial charge >= 0.3 is 0 Å². The fourth-order valence-electron chi connectivity index (χ4n) is 1.32. The van der Waals surface area contributed by atoms with E-state index < -0.39 is 0 Å². The van der Waals surface area contributed by atoms with Crippen LogP contribution in [-0.4, -0.2) is 17.2 Å². The average molecular weight is 256 g/mol. The number of thioether (sulfide) groups is 1. The Kier molecular flexibility index (Phi) is 3.77. The minimum absolute atomic E-state index is 0.0539. The van der Waals surface area contributed by atoms with E-state index in [1.807, 2.05) is 31.2 Å². The molecule has 1 amide bonds. The zero-order valence-electron chi connectivity index (χ0n) is 9.07. The van der Waals surface area contributed by atoms with E-state index in [1.165, 1.54) is 0 Å². The predicted molar refractivity (Wildman–Crippen MR) is 67.9 cm³/mol. The zero-order valence-corrected chi connectivity index (χ0v) is 10.6. The summed E-state index contributed by atoms with van der Waals surface area (Å²) in [6.07, 6.45) is 2.26. The van der Waals surface area contributed by atoms with Crippen LogP contribution in [0.5, 0.6) is 0 Å². The summed E-state index contributed by atoms with van der Waals surface area (Å²) < 4.78 is 0. The summed E-state index contributed by atoms with van der Waals surface area (Å²) >= 11 is 7.36. The Morgan fingerprint density at radius 2 is 2.06 bits per heavy atom. The van der Waals surface area contributed by atoms with Gasteiger partial charge in [-0.05, 0) is 44.0 Å². The smallest absolute Gasteiger partial charge is 0.233 e. The largest absolute Gasteiger partial charge is 0.352 e. The Balaban J connectivity index is 1.87. The fourth-order valence-corrected chi connectivity index (χ4v) is 2.32. The molecule has 4 heteroatoms. The Bertz CT molecular complexity index is 375. The number of halogens is 1. The topological polar surface area (TPSA) is 29.1 Å². The Morgan fingerprint density at radius 1 is 1.44 bits per heavy atom. The molecule has 0 unspecified atom stereocenters. The van der Waals surface area contributed by atoms with Crippen LogP contribution >= 0.6 is 23.4 Å². The van der Waals surface area contributed by atoms with Crippen molar-refractivity contribution in [2.24, 2.45) is 0 Å². The van der Waals surface area contributed by atoms with E-state index >= 15 is 0 Å². The first-order chi connectivity index (χ1) is 7.65. The van der Waals surface area contributed by atoms with Crippen molar-refractivity contribution in [2.45, 2.75) is 36.0 Å². The van der Waals surface area contributed by atoms with Crippen LogP contribution in [0.4, 0.5) is 0 Å². The Morgan fingerprint density at radius 3 is 2.62 bits per heavy atom. The van der Waals surface area contributed by atoms with Crippen LogP contribution in [0.3, 0.4) is 0 Å². The maximum Gasteiger partial charge on any atom is 0.233 e. The normalized spacial score (nSPS) is 16.9. The number of carbonyl (C=O) groups excluding carboxylic acids is 1. The number of carbonyl (C=O) groups is 1. The van der Waals surface area contributed by atoms with E-state index in [2.05, 4.69) is 5.32 Å². The highest BCUT2D eigenvalue weighted by atomic mass is 35.5. The Hall–Kier alpha value is -0.670. The van der Waals surface area contributed by atoms with E-state index in [-0.39, 0.29) is 11.2 Å². The second-order valence-corrected chi connectivity index (χ2v) is 5.85. The zero-order chi connectivity index (χ0) is 11.5. The number of hydrogen-bond acceptors (Lipinski definition) is 2. The molecule has 1 aliphatic carbocycles. The molecule has 16 heavy (non-hydrogen) atoms. The van der Waals surface area contributed by atoms with Gasteiger partial charge in [0.05, 0.1) is 5.25 Å². The lowest BCUT2D eigenvalue weighted by atomic mass is 10.4. The molecule has 1 aromatic carbocycles. The molecule has 1 atom stereocenters. The van der Waals surface area contributed by atoms with Gasteiger partial charge in [-0.25, -0.2) is 0 Å². The molecule has 1 N–H and O–H groups in total. The summed E-state index contributed by atoms with van der Waals surface area (Å²) in [5, 5.41) is 3.67. The lowest BCUT2D eigenvalue weighted by Crippen LogP contribution is -2.32. The van der Waals surface area contributed by atoms with Crippen LogP contribution < -0.4 is 5.32 Å². The van der Waals surface area contributed by atoms with E-state index in [0.29, 0.717) is 6.04 Å². The SMILES string of the molecule is C[C@@H](Sc1ccc(Cl)cc1)C(=O)NC1CC1. The van der Waals surface area contributed by atoms with Gasteiger partial charge in [0.25, 0.3) is 0 Å². The van der Waals surface area contributed by atoms with Crippen LogP contribution in [0.15, 0.2) is 29.2 Å². The standard InChI is InChI=1S/C12H14ClNOS/c1-8(12(15)14-10-4-5-10)16-11-6-2-9(13)3-7-11/h2-3,6-8,10H,4-5H2,1H3,(H,14,15)/t8-/m1/s1. The van der Waals surface area contributed by atoms with Crippen molar-refractivity contribution in [2.75, 3.05) is 0 Å². The summed E-state index contributed by atoms with van der Waals surface area (Å²) in [5.41, 5.74) is 0. The molecule has 0 bridgehead atoms. The second-order valence-electron chi connectivity index (χ2n) is 4.00. The van der Waals surface area contributed by atoms with Gasteiger partial charge in [0.15, 0.2) is 0 Å². The maximum absolute atomic E-state index is 11.7. The summed E-state index contributed by atoms with van der Waals surface area (Å²) in [5.74, 6) is 0.127. The van der Waals surface area contributed by atoms with Crippen molar-refractivity contribution < 1.29 is 4.79 Å². The molecular formula is C12H14ClNOS. The van der Waals surface area contributed by atoms with Crippen molar-refractivity contribution in [3.8, 4) is 0 Å². The maximum atomic E-state index is 11.7. The molecule has 1 aromatic rings. The molecule has 1 fully saturated rings. The lowest BCUT2D eigenvalue weighted by Gasteiger charge is -2.11. The summed E-state index contributed by atoms with van der Waals surface area (Å²) in [6.45, 7) is 1.93. The molecule has 0 saturated heterocycles. The first-order valence-electron chi connectivity index (χ1n) is 5.38. The van der Waals surface area contributed by atoms with E-state index in [1.54, 1.807) is 11.8 Å². The van der Waals surface area contributed by atoms with Gasteiger partial charge in [-0.1, -0.05) is 11.6 Å². The average Bonchev–Trinajstić information content (AvgIpc) is 3.05. The van der Waals surface area contributed by atoms with Crippen LogP contribution in [-0.2, 0) is 4.79 Å². The van der Waals surface area contributed by atoms with E-state index in [4.69, 9.17) is 11.6 Å². The van der Waals surface area contributed by atoms with Gasteiger partial charge in [-0.2, -0.15) is 0 Å². The number of amides is 1. The van der Waals surface area contributed by atoms with Gasteiger partial charge in [0.2, 0.25) is 5.91 Å². The molecule has 0 aromatic heterocycles. The first-order valence-corrected chi connectivity index (χ1v) is 6.63. The highest BCUT2D eigenvalue weighted by molar-refractivity contribution is 8.00. The van der Waals surface area contributed by atoms with Crippen LogP contribution in [0.25, 0.3) is 0 Å². The molecular weight excluding hydrogens is 242 g/mol. The number of benzene rings is 1. The van der Waals surface area contributed by atoms with Gasteiger partial charge in [0.1, 0.15) is 0 Å². The quantitative estimate of drug-likeness (QED) is 0.838. The van der Waals surface area contributed by atoms with Crippen LogP contribution in [0.2, 0.25) is 5.02 Å². The van der Waals surface area contributed by atoms with Gasteiger partial charge < -0.3 is 5.32 Å². The van der Waals surface area contributed by atoms with Crippen molar-refractivity contribution >= 4 is 29.3 Å². The monoisotopic (exact) mass is 255 g/mol.